The Labute approximate surface area is 89.4 Å². The summed E-state index contributed by atoms with van der Waals surface area (Å²) >= 11 is 0. The summed E-state index contributed by atoms with van der Waals surface area (Å²) in [5.74, 6) is 0. The fourth-order valence-corrected chi connectivity index (χ4v) is 1.37. The van der Waals surface area contributed by atoms with Gasteiger partial charge in [0.25, 0.3) is 0 Å². The molecule has 16 heavy (non-hydrogen) atoms. The first-order valence-electron chi connectivity index (χ1n) is 4.47. The SMILES string of the molecule is c1ncn(C(n2cncn2)n2cncn2)n1. The fraction of sp³-hybridized carbons (Fsp3) is 0.143. The largest absolute Gasteiger partial charge is 0.243 e. The average molecular weight is 217 g/mol. The Kier molecular flexibility index (Phi) is 1.92. The summed E-state index contributed by atoms with van der Waals surface area (Å²) in [6.45, 7) is 0. The van der Waals surface area contributed by atoms with Crippen molar-refractivity contribution in [3.63, 3.8) is 0 Å². The van der Waals surface area contributed by atoms with Crippen LogP contribution in [0.3, 0.4) is 0 Å². The summed E-state index contributed by atoms with van der Waals surface area (Å²) in [6, 6.07) is 0. The molecule has 0 atom stereocenters. The van der Waals surface area contributed by atoms with Crippen LogP contribution in [0.25, 0.3) is 0 Å². The zero-order chi connectivity index (χ0) is 10.8. The molecular weight excluding hydrogens is 210 g/mol. The molecule has 0 saturated heterocycles. The van der Waals surface area contributed by atoms with E-state index in [1.54, 1.807) is 33.0 Å². The molecule has 3 rings (SSSR count). The molecule has 0 fully saturated rings. The molecule has 0 bridgehead atoms. The van der Waals surface area contributed by atoms with E-state index in [4.69, 9.17) is 0 Å². The van der Waals surface area contributed by atoms with Gasteiger partial charge in [0.05, 0.1) is 0 Å². The molecular formula is C7H7N9. The molecule has 0 amide bonds. The van der Waals surface area contributed by atoms with E-state index < -0.39 is 0 Å². The molecule has 0 aliphatic rings. The number of rotatable bonds is 3. The first-order valence-corrected chi connectivity index (χ1v) is 4.47. The summed E-state index contributed by atoms with van der Waals surface area (Å²) in [5.41, 5.74) is 0. The Morgan fingerprint density at radius 2 is 1.00 bits per heavy atom. The Hall–Kier alpha value is -2.58. The molecule has 0 spiro atoms. The van der Waals surface area contributed by atoms with Crippen LogP contribution in [0.4, 0.5) is 0 Å². The third-order valence-corrected chi connectivity index (χ3v) is 2.02. The van der Waals surface area contributed by atoms with E-state index in [-0.39, 0.29) is 6.29 Å². The molecule has 0 radical (unpaired) electrons. The van der Waals surface area contributed by atoms with Crippen molar-refractivity contribution in [2.24, 2.45) is 0 Å². The highest BCUT2D eigenvalue weighted by Crippen LogP contribution is 2.06. The Morgan fingerprint density at radius 3 is 1.25 bits per heavy atom. The molecule has 0 aromatic carbocycles. The molecule has 9 nitrogen and oxygen atoms in total. The van der Waals surface area contributed by atoms with Crippen molar-refractivity contribution < 1.29 is 0 Å². The Morgan fingerprint density at radius 1 is 0.625 bits per heavy atom. The highest BCUT2D eigenvalue weighted by molar-refractivity contribution is 4.74. The lowest BCUT2D eigenvalue weighted by Gasteiger charge is -2.16. The van der Waals surface area contributed by atoms with E-state index in [9.17, 15) is 0 Å². The lowest BCUT2D eigenvalue weighted by Crippen LogP contribution is -2.27. The van der Waals surface area contributed by atoms with Crippen LogP contribution in [0.5, 0.6) is 0 Å². The minimum atomic E-state index is -0.382. The maximum atomic E-state index is 4.06. The number of hydrogen-bond donors (Lipinski definition) is 0. The van der Waals surface area contributed by atoms with Gasteiger partial charge >= 0.3 is 0 Å². The monoisotopic (exact) mass is 217 g/mol. The van der Waals surface area contributed by atoms with Crippen LogP contribution in [0.1, 0.15) is 6.29 Å². The highest BCUT2D eigenvalue weighted by Gasteiger charge is 2.16. The number of hydrogen-bond acceptors (Lipinski definition) is 6. The van der Waals surface area contributed by atoms with Crippen LogP contribution < -0.4 is 0 Å². The van der Waals surface area contributed by atoms with E-state index in [0.29, 0.717) is 0 Å². The second-order valence-corrected chi connectivity index (χ2v) is 2.97. The summed E-state index contributed by atoms with van der Waals surface area (Å²) in [7, 11) is 0. The number of nitrogens with zero attached hydrogens (tertiary/aromatic N) is 9. The van der Waals surface area contributed by atoms with Crippen molar-refractivity contribution in [2.45, 2.75) is 6.29 Å². The molecule has 0 unspecified atom stereocenters. The fourth-order valence-electron chi connectivity index (χ4n) is 1.37. The van der Waals surface area contributed by atoms with Crippen molar-refractivity contribution in [1.82, 2.24) is 44.3 Å². The van der Waals surface area contributed by atoms with Gasteiger partial charge in [0.2, 0.25) is 6.29 Å². The van der Waals surface area contributed by atoms with Crippen molar-refractivity contribution in [2.75, 3.05) is 0 Å². The first kappa shape index (κ1) is 8.71. The van der Waals surface area contributed by atoms with Crippen LogP contribution in [0.2, 0.25) is 0 Å². The van der Waals surface area contributed by atoms with Gasteiger partial charge in [0, 0.05) is 0 Å². The van der Waals surface area contributed by atoms with Gasteiger partial charge < -0.3 is 0 Å². The van der Waals surface area contributed by atoms with Crippen LogP contribution in [0, 0.1) is 0 Å². The topological polar surface area (TPSA) is 92.1 Å². The van der Waals surface area contributed by atoms with Gasteiger partial charge in [0.1, 0.15) is 38.0 Å². The standard InChI is InChI=1S/C7H7N9/c1-8-4-14(11-1)7(15-5-9-2-12-15)16-6-10-3-13-16/h1-7H. The zero-order valence-electron chi connectivity index (χ0n) is 8.07. The van der Waals surface area contributed by atoms with E-state index in [0.717, 1.165) is 0 Å². The third kappa shape index (κ3) is 1.34. The smallest absolute Gasteiger partial charge is 0.223 e. The quantitative estimate of drug-likeness (QED) is 0.559. The third-order valence-electron chi connectivity index (χ3n) is 2.02. The molecule has 0 aliphatic heterocycles. The molecule has 0 saturated carbocycles. The van der Waals surface area contributed by atoms with Crippen molar-refractivity contribution >= 4 is 0 Å². The zero-order valence-corrected chi connectivity index (χ0v) is 8.07. The molecule has 80 valence electrons. The maximum absolute atomic E-state index is 4.06. The summed E-state index contributed by atoms with van der Waals surface area (Å²) in [5, 5.41) is 12.2. The molecule has 9 heteroatoms. The molecule has 0 aliphatic carbocycles. The lowest BCUT2D eigenvalue weighted by molar-refractivity contribution is 0.282. The second kappa shape index (κ2) is 3.53. The van der Waals surface area contributed by atoms with Crippen LogP contribution in [-0.2, 0) is 0 Å². The van der Waals surface area contributed by atoms with Crippen molar-refractivity contribution in [3.05, 3.63) is 38.0 Å². The van der Waals surface area contributed by atoms with Gasteiger partial charge in [-0.2, -0.15) is 15.3 Å². The maximum Gasteiger partial charge on any atom is 0.243 e. The normalized spacial score (nSPS) is 11.1. The van der Waals surface area contributed by atoms with Gasteiger partial charge in [-0.3, -0.25) is 0 Å². The van der Waals surface area contributed by atoms with Crippen molar-refractivity contribution in [3.8, 4) is 0 Å². The molecule has 0 N–H and O–H groups in total. The van der Waals surface area contributed by atoms with Crippen LogP contribution in [-0.4, -0.2) is 44.3 Å². The number of aromatic nitrogens is 9. The van der Waals surface area contributed by atoms with E-state index in [1.165, 1.54) is 19.0 Å². The van der Waals surface area contributed by atoms with E-state index in [2.05, 4.69) is 30.2 Å². The molecule has 3 aromatic heterocycles. The van der Waals surface area contributed by atoms with Crippen LogP contribution in [0.15, 0.2) is 38.0 Å². The Balaban J connectivity index is 2.09. The minimum absolute atomic E-state index is 0.382. The highest BCUT2D eigenvalue weighted by atomic mass is 15.6. The molecule has 3 heterocycles. The summed E-state index contributed by atoms with van der Waals surface area (Å²) in [6.07, 6.45) is 8.69. The Bertz CT molecular complexity index is 441. The average Bonchev–Trinajstić information content (AvgIpc) is 3.02. The summed E-state index contributed by atoms with van der Waals surface area (Å²) in [4.78, 5) is 11.7. The van der Waals surface area contributed by atoms with E-state index >= 15 is 0 Å². The van der Waals surface area contributed by atoms with Gasteiger partial charge in [0.15, 0.2) is 0 Å². The van der Waals surface area contributed by atoms with Gasteiger partial charge in [-0.15, -0.1) is 0 Å². The lowest BCUT2D eigenvalue weighted by atomic mass is 10.8. The van der Waals surface area contributed by atoms with E-state index in [1.807, 2.05) is 0 Å². The predicted octanol–water partition coefficient (Wildman–Crippen LogP) is -0.986. The van der Waals surface area contributed by atoms with Crippen molar-refractivity contribution in [1.29, 1.82) is 0 Å². The van der Waals surface area contributed by atoms with Gasteiger partial charge in [-0.1, -0.05) is 0 Å². The first-order chi connectivity index (χ1) is 7.95. The predicted molar refractivity (Wildman–Crippen MR) is 49.9 cm³/mol. The van der Waals surface area contributed by atoms with Crippen LogP contribution >= 0.6 is 0 Å². The van der Waals surface area contributed by atoms with Gasteiger partial charge in [-0.05, 0) is 0 Å². The summed E-state index contributed by atoms with van der Waals surface area (Å²) < 4.78 is 4.80. The second-order valence-electron chi connectivity index (χ2n) is 2.97. The molecule has 3 aromatic rings. The minimum Gasteiger partial charge on any atom is -0.223 e. The van der Waals surface area contributed by atoms with Gasteiger partial charge in [-0.25, -0.2) is 29.0 Å².